The van der Waals surface area contributed by atoms with E-state index in [9.17, 15) is 4.39 Å². The number of halogens is 1. The van der Waals surface area contributed by atoms with Crippen LogP contribution in [0.2, 0.25) is 0 Å². The molecule has 0 aliphatic carbocycles. The van der Waals surface area contributed by atoms with Crippen molar-refractivity contribution in [1.29, 1.82) is 0 Å². The Kier molecular flexibility index (Phi) is 4.82. The van der Waals surface area contributed by atoms with Gasteiger partial charge in [-0.25, -0.2) is 4.39 Å². The van der Waals surface area contributed by atoms with E-state index in [4.69, 9.17) is 5.84 Å². The molecule has 1 unspecified atom stereocenters. The van der Waals surface area contributed by atoms with Gasteiger partial charge in [0, 0.05) is 18.3 Å². The molecule has 0 bridgehead atoms. The number of nitrogens with zero attached hydrogens (tertiary/aromatic N) is 1. The number of nitrogens with one attached hydrogen (secondary N) is 1. The second-order valence-electron chi connectivity index (χ2n) is 4.94. The summed E-state index contributed by atoms with van der Waals surface area (Å²) in [6.07, 6.45) is 3.54. The zero-order valence-corrected chi connectivity index (χ0v) is 11.9. The maximum atomic E-state index is 13.2. The minimum atomic E-state index is -0.229. The van der Waals surface area contributed by atoms with Gasteiger partial charge in [-0.05, 0) is 48.2 Å². The lowest BCUT2D eigenvalue weighted by Crippen LogP contribution is -2.30. The number of aromatic nitrogens is 1. The van der Waals surface area contributed by atoms with E-state index in [2.05, 4.69) is 23.4 Å². The van der Waals surface area contributed by atoms with Crippen molar-refractivity contribution in [3.8, 4) is 0 Å². The smallest absolute Gasteiger partial charge is 0.123 e. The molecule has 20 heavy (non-hydrogen) atoms. The van der Waals surface area contributed by atoms with Crippen molar-refractivity contribution in [3.63, 3.8) is 0 Å². The number of nitrogens with two attached hydrogens (primary N) is 1. The van der Waals surface area contributed by atoms with Crippen molar-refractivity contribution < 1.29 is 4.39 Å². The number of rotatable bonds is 5. The Morgan fingerprint density at radius 2 is 2.10 bits per heavy atom. The van der Waals surface area contributed by atoms with E-state index in [0.29, 0.717) is 6.42 Å². The number of hydrogen-bond acceptors (Lipinski definition) is 3. The second-order valence-corrected chi connectivity index (χ2v) is 4.94. The number of hydrazine groups is 1. The van der Waals surface area contributed by atoms with E-state index < -0.39 is 0 Å². The van der Waals surface area contributed by atoms with Gasteiger partial charge >= 0.3 is 0 Å². The van der Waals surface area contributed by atoms with Crippen molar-refractivity contribution in [1.82, 2.24) is 10.4 Å². The van der Waals surface area contributed by atoms with Crippen molar-refractivity contribution in [2.45, 2.75) is 32.7 Å². The molecule has 3 nitrogen and oxygen atoms in total. The van der Waals surface area contributed by atoms with Crippen LogP contribution in [0.5, 0.6) is 0 Å². The molecule has 4 heteroatoms. The van der Waals surface area contributed by atoms with Crippen molar-refractivity contribution >= 4 is 0 Å². The molecule has 1 heterocycles. The van der Waals surface area contributed by atoms with Gasteiger partial charge in [0.25, 0.3) is 0 Å². The highest BCUT2D eigenvalue weighted by Gasteiger charge is 2.14. The third kappa shape index (κ3) is 3.40. The molecule has 3 N–H and O–H groups in total. The molecule has 1 aromatic heterocycles. The quantitative estimate of drug-likeness (QED) is 0.650. The van der Waals surface area contributed by atoms with Gasteiger partial charge in [-0.15, -0.1) is 0 Å². The van der Waals surface area contributed by atoms with Crippen LogP contribution in [-0.4, -0.2) is 4.98 Å². The van der Waals surface area contributed by atoms with Gasteiger partial charge in [0.05, 0.1) is 6.04 Å². The highest BCUT2D eigenvalue weighted by molar-refractivity contribution is 5.30. The van der Waals surface area contributed by atoms with Gasteiger partial charge < -0.3 is 0 Å². The SMILES string of the molecule is CCc1ccc(CC(NN)c2ccc(F)cc2C)nc1. The third-order valence-electron chi connectivity index (χ3n) is 3.52. The standard InChI is InChI=1S/C16H20FN3/c1-3-12-4-6-14(19-10-12)9-16(20-18)15-7-5-13(17)8-11(15)2/h4-8,10,16,20H,3,9,18H2,1-2H3. The molecule has 2 rings (SSSR count). The molecule has 0 amide bonds. The van der Waals surface area contributed by atoms with Crippen LogP contribution in [0.1, 0.15) is 35.3 Å². The molecule has 1 atom stereocenters. The molecular formula is C16H20FN3. The first-order chi connectivity index (χ1) is 9.63. The average molecular weight is 273 g/mol. The summed E-state index contributed by atoms with van der Waals surface area (Å²) < 4.78 is 13.2. The van der Waals surface area contributed by atoms with Crippen LogP contribution in [-0.2, 0) is 12.8 Å². The fourth-order valence-electron chi connectivity index (χ4n) is 2.28. The summed E-state index contributed by atoms with van der Waals surface area (Å²) in [5, 5.41) is 0. The Morgan fingerprint density at radius 1 is 1.30 bits per heavy atom. The lowest BCUT2D eigenvalue weighted by molar-refractivity contribution is 0.540. The van der Waals surface area contributed by atoms with Gasteiger partial charge in [0.1, 0.15) is 5.82 Å². The average Bonchev–Trinajstić information content (AvgIpc) is 2.46. The normalized spacial score (nSPS) is 12.4. The van der Waals surface area contributed by atoms with Crippen LogP contribution in [0.4, 0.5) is 4.39 Å². The molecule has 0 fully saturated rings. The molecule has 0 aliphatic rings. The maximum absolute atomic E-state index is 13.2. The predicted molar refractivity (Wildman–Crippen MR) is 78.5 cm³/mol. The van der Waals surface area contributed by atoms with Gasteiger partial charge in [-0.3, -0.25) is 16.3 Å². The number of hydrogen-bond donors (Lipinski definition) is 2. The summed E-state index contributed by atoms with van der Waals surface area (Å²) in [6.45, 7) is 3.99. The number of benzene rings is 1. The first-order valence-electron chi connectivity index (χ1n) is 6.80. The molecule has 106 valence electrons. The van der Waals surface area contributed by atoms with Crippen molar-refractivity contribution in [2.75, 3.05) is 0 Å². The summed E-state index contributed by atoms with van der Waals surface area (Å²) in [7, 11) is 0. The van der Waals surface area contributed by atoms with E-state index in [1.54, 1.807) is 6.07 Å². The van der Waals surface area contributed by atoms with E-state index in [1.165, 1.54) is 17.7 Å². The van der Waals surface area contributed by atoms with Gasteiger partial charge in [0.15, 0.2) is 0 Å². The number of pyridine rings is 1. The first-order valence-corrected chi connectivity index (χ1v) is 6.80. The summed E-state index contributed by atoms with van der Waals surface area (Å²) in [5.41, 5.74) is 6.85. The lowest BCUT2D eigenvalue weighted by Gasteiger charge is -2.18. The third-order valence-corrected chi connectivity index (χ3v) is 3.52. The van der Waals surface area contributed by atoms with E-state index in [1.807, 2.05) is 19.2 Å². The van der Waals surface area contributed by atoms with Gasteiger partial charge in [-0.1, -0.05) is 19.1 Å². The molecule has 0 radical (unpaired) electrons. The fourth-order valence-corrected chi connectivity index (χ4v) is 2.28. The summed E-state index contributed by atoms with van der Waals surface area (Å²) in [5.74, 6) is 5.41. The van der Waals surface area contributed by atoms with Crippen molar-refractivity contribution in [3.05, 3.63) is 64.7 Å². The van der Waals surface area contributed by atoms with Crippen LogP contribution in [0, 0.1) is 12.7 Å². The fraction of sp³-hybridized carbons (Fsp3) is 0.312. The Labute approximate surface area is 119 Å². The van der Waals surface area contributed by atoms with Gasteiger partial charge in [-0.2, -0.15) is 0 Å². The number of aryl methyl sites for hydroxylation is 2. The summed E-state index contributed by atoms with van der Waals surface area (Å²) in [6, 6.07) is 8.77. The van der Waals surface area contributed by atoms with E-state index in [0.717, 1.165) is 23.2 Å². The van der Waals surface area contributed by atoms with Crippen LogP contribution >= 0.6 is 0 Å². The van der Waals surface area contributed by atoms with E-state index in [-0.39, 0.29) is 11.9 Å². The molecule has 0 saturated heterocycles. The van der Waals surface area contributed by atoms with Crippen LogP contribution < -0.4 is 11.3 Å². The molecule has 1 aromatic carbocycles. The monoisotopic (exact) mass is 273 g/mol. The van der Waals surface area contributed by atoms with Crippen LogP contribution in [0.15, 0.2) is 36.5 Å². The highest BCUT2D eigenvalue weighted by atomic mass is 19.1. The van der Waals surface area contributed by atoms with Gasteiger partial charge in [0.2, 0.25) is 0 Å². The zero-order valence-electron chi connectivity index (χ0n) is 11.9. The highest BCUT2D eigenvalue weighted by Crippen LogP contribution is 2.21. The Bertz CT molecular complexity index is 566. The maximum Gasteiger partial charge on any atom is 0.123 e. The lowest BCUT2D eigenvalue weighted by atomic mass is 9.97. The topological polar surface area (TPSA) is 50.9 Å². The van der Waals surface area contributed by atoms with Crippen LogP contribution in [0.3, 0.4) is 0 Å². The largest absolute Gasteiger partial charge is 0.271 e. The molecule has 0 saturated carbocycles. The van der Waals surface area contributed by atoms with E-state index >= 15 is 0 Å². The second kappa shape index (κ2) is 6.59. The van der Waals surface area contributed by atoms with Crippen LogP contribution in [0.25, 0.3) is 0 Å². The Hall–Kier alpha value is -1.78. The molecular weight excluding hydrogens is 253 g/mol. The van der Waals surface area contributed by atoms with Crippen molar-refractivity contribution in [2.24, 2.45) is 5.84 Å². The minimum absolute atomic E-state index is 0.0735. The predicted octanol–water partition coefficient (Wildman–Crippen LogP) is 2.84. The summed E-state index contributed by atoms with van der Waals surface area (Å²) >= 11 is 0. The zero-order chi connectivity index (χ0) is 14.5. The first kappa shape index (κ1) is 14.6. The summed E-state index contributed by atoms with van der Waals surface area (Å²) in [4.78, 5) is 4.44. The molecule has 2 aromatic rings. The molecule has 0 spiro atoms. The Balaban J connectivity index is 2.19. The Morgan fingerprint density at radius 3 is 2.65 bits per heavy atom. The minimum Gasteiger partial charge on any atom is -0.271 e. The molecule has 0 aliphatic heterocycles.